The molecule has 0 aliphatic heterocycles. The third-order valence-electron chi connectivity index (χ3n) is 4.08. The minimum absolute atomic E-state index is 0.628. The molecule has 0 spiro atoms. The summed E-state index contributed by atoms with van der Waals surface area (Å²) in [5, 5.41) is 6.81. The Morgan fingerprint density at radius 2 is 1.82 bits per heavy atom. The zero-order chi connectivity index (χ0) is 15.8. The van der Waals surface area contributed by atoms with Crippen LogP contribution in [0.15, 0.2) is 29.3 Å². The second-order valence-electron chi connectivity index (χ2n) is 5.84. The second-order valence-corrected chi connectivity index (χ2v) is 5.84. The van der Waals surface area contributed by atoms with E-state index in [1.807, 2.05) is 0 Å². The van der Waals surface area contributed by atoms with Crippen molar-refractivity contribution in [3.8, 4) is 0 Å². The van der Waals surface area contributed by atoms with Crippen LogP contribution in [0.4, 0.5) is 0 Å². The van der Waals surface area contributed by atoms with Crippen LogP contribution in [0.1, 0.15) is 44.7 Å². The van der Waals surface area contributed by atoms with E-state index >= 15 is 0 Å². The Labute approximate surface area is 135 Å². The van der Waals surface area contributed by atoms with Crippen LogP contribution in [0.5, 0.6) is 0 Å². The van der Waals surface area contributed by atoms with E-state index in [0.717, 1.165) is 38.7 Å². The summed E-state index contributed by atoms with van der Waals surface area (Å²) in [6, 6.07) is 9.29. The zero-order valence-corrected chi connectivity index (χ0v) is 14.2. The van der Waals surface area contributed by atoms with Gasteiger partial charge in [-0.2, -0.15) is 0 Å². The highest BCUT2D eigenvalue weighted by atomic mass is 15.2. The number of nitrogens with zero attached hydrogens (tertiary/aromatic N) is 2. The topological polar surface area (TPSA) is 39.7 Å². The van der Waals surface area contributed by atoms with Crippen LogP contribution >= 0.6 is 0 Å². The first kappa shape index (κ1) is 16.8. The number of hydrogen-bond acceptors (Lipinski definition) is 2. The second kappa shape index (κ2) is 8.79. The Bertz CT molecular complexity index is 476. The number of rotatable bonds is 8. The highest BCUT2D eigenvalue weighted by molar-refractivity contribution is 5.80. The third-order valence-corrected chi connectivity index (χ3v) is 4.08. The largest absolute Gasteiger partial charge is 0.357 e. The average Bonchev–Trinajstić information content (AvgIpc) is 3.35. The quantitative estimate of drug-likeness (QED) is 0.573. The van der Waals surface area contributed by atoms with Crippen molar-refractivity contribution >= 4 is 5.96 Å². The van der Waals surface area contributed by atoms with E-state index in [0.29, 0.717) is 6.04 Å². The maximum Gasteiger partial charge on any atom is 0.191 e. The Balaban J connectivity index is 2.03. The molecule has 0 heterocycles. The predicted octanol–water partition coefficient (Wildman–Crippen LogP) is 2.75. The third kappa shape index (κ3) is 5.34. The number of aliphatic imine (C=N–C) groups is 1. The lowest BCUT2D eigenvalue weighted by Gasteiger charge is -2.20. The van der Waals surface area contributed by atoms with Crippen molar-refractivity contribution in [3.63, 3.8) is 0 Å². The van der Waals surface area contributed by atoms with Gasteiger partial charge in [-0.15, -0.1) is 0 Å². The molecule has 0 bridgehead atoms. The van der Waals surface area contributed by atoms with Gasteiger partial charge in [0.05, 0.1) is 6.54 Å². The molecule has 1 fully saturated rings. The fraction of sp³-hybridized carbons (Fsp3) is 0.611. The molecule has 0 saturated heterocycles. The molecule has 0 atom stereocenters. The highest BCUT2D eigenvalue weighted by Gasteiger charge is 2.22. The molecule has 0 radical (unpaired) electrons. The van der Waals surface area contributed by atoms with Crippen molar-refractivity contribution in [3.05, 3.63) is 35.4 Å². The van der Waals surface area contributed by atoms with Crippen molar-refractivity contribution in [2.45, 2.75) is 52.7 Å². The molecule has 2 N–H and O–H groups in total. The summed E-state index contributed by atoms with van der Waals surface area (Å²) in [7, 11) is 0. The van der Waals surface area contributed by atoms with Crippen molar-refractivity contribution in [2.75, 3.05) is 19.6 Å². The van der Waals surface area contributed by atoms with Crippen LogP contribution in [0.3, 0.4) is 0 Å². The monoisotopic (exact) mass is 302 g/mol. The molecule has 0 unspecified atom stereocenters. The minimum Gasteiger partial charge on any atom is -0.357 e. The number of hydrogen-bond donors (Lipinski definition) is 2. The number of benzene rings is 1. The smallest absolute Gasteiger partial charge is 0.191 e. The van der Waals surface area contributed by atoms with E-state index in [9.17, 15) is 0 Å². The summed E-state index contributed by atoms with van der Waals surface area (Å²) < 4.78 is 0. The Hall–Kier alpha value is -1.55. The molecular weight excluding hydrogens is 272 g/mol. The molecular formula is C18H30N4. The van der Waals surface area contributed by atoms with Crippen molar-refractivity contribution in [1.82, 2.24) is 15.5 Å². The fourth-order valence-corrected chi connectivity index (χ4v) is 2.46. The fourth-order valence-electron chi connectivity index (χ4n) is 2.46. The summed E-state index contributed by atoms with van der Waals surface area (Å²) in [6.45, 7) is 11.4. The molecule has 1 aromatic carbocycles. The maximum absolute atomic E-state index is 4.76. The Morgan fingerprint density at radius 3 is 2.41 bits per heavy atom. The van der Waals surface area contributed by atoms with Gasteiger partial charge in [-0.05, 0) is 44.0 Å². The summed E-state index contributed by atoms with van der Waals surface area (Å²) in [5.74, 6) is 0.947. The lowest BCUT2D eigenvalue weighted by Crippen LogP contribution is -2.38. The predicted molar refractivity (Wildman–Crippen MR) is 94.0 cm³/mol. The molecule has 2 rings (SSSR count). The van der Waals surface area contributed by atoms with E-state index in [2.05, 4.69) is 60.6 Å². The van der Waals surface area contributed by atoms with E-state index in [1.54, 1.807) is 0 Å². The van der Waals surface area contributed by atoms with E-state index in [-0.39, 0.29) is 0 Å². The van der Waals surface area contributed by atoms with Gasteiger partial charge in [0, 0.05) is 19.1 Å². The van der Waals surface area contributed by atoms with E-state index < -0.39 is 0 Å². The SMILES string of the molecule is CCNC(=NCc1ccccc1CN(CC)CC)NC1CC1. The normalized spacial score (nSPS) is 15.2. The first-order chi connectivity index (χ1) is 10.8. The van der Waals surface area contributed by atoms with Gasteiger partial charge in [0.2, 0.25) is 0 Å². The van der Waals surface area contributed by atoms with Crippen molar-refractivity contribution in [1.29, 1.82) is 0 Å². The molecule has 4 heteroatoms. The minimum atomic E-state index is 0.628. The number of guanidine groups is 1. The van der Waals surface area contributed by atoms with Gasteiger partial charge < -0.3 is 10.6 Å². The first-order valence-corrected chi connectivity index (χ1v) is 8.60. The molecule has 0 amide bonds. The average molecular weight is 302 g/mol. The van der Waals surface area contributed by atoms with Crippen LogP contribution in [0, 0.1) is 0 Å². The Kier molecular flexibility index (Phi) is 6.72. The summed E-state index contributed by atoms with van der Waals surface area (Å²) in [6.07, 6.45) is 2.53. The number of nitrogens with one attached hydrogen (secondary N) is 2. The van der Waals surface area contributed by atoms with E-state index in [1.165, 1.54) is 24.0 Å². The summed E-state index contributed by atoms with van der Waals surface area (Å²) >= 11 is 0. The van der Waals surface area contributed by atoms with Crippen LogP contribution in [-0.4, -0.2) is 36.5 Å². The first-order valence-electron chi connectivity index (χ1n) is 8.60. The standard InChI is InChI=1S/C18H30N4/c1-4-19-18(21-17-11-12-17)20-13-15-9-7-8-10-16(15)14-22(5-2)6-3/h7-10,17H,4-6,11-14H2,1-3H3,(H2,19,20,21). The zero-order valence-electron chi connectivity index (χ0n) is 14.2. The Morgan fingerprint density at radius 1 is 1.14 bits per heavy atom. The molecule has 4 nitrogen and oxygen atoms in total. The summed E-state index contributed by atoms with van der Waals surface area (Å²) in [5.41, 5.74) is 2.71. The molecule has 1 aliphatic rings. The molecule has 1 aromatic rings. The maximum atomic E-state index is 4.76. The van der Waals surface area contributed by atoms with Crippen LogP contribution in [0.2, 0.25) is 0 Å². The molecule has 1 saturated carbocycles. The molecule has 1 aliphatic carbocycles. The van der Waals surface area contributed by atoms with Gasteiger partial charge in [0.1, 0.15) is 0 Å². The van der Waals surface area contributed by atoms with Gasteiger partial charge in [-0.3, -0.25) is 4.90 Å². The van der Waals surface area contributed by atoms with Gasteiger partial charge in [0.15, 0.2) is 5.96 Å². The molecule has 0 aromatic heterocycles. The molecule has 22 heavy (non-hydrogen) atoms. The van der Waals surface area contributed by atoms with Gasteiger partial charge >= 0.3 is 0 Å². The van der Waals surface area contributed by atoms with Gasteiger partial charge in [-0.25, -0.2) is 4.99 Å². The summed E-state index contributed by atoms with van der Waals surface area (Å²) in [4.78, 5) is 7.20. The highest BCUT2D eigenvalue weighted by Crippen LogP contribution is 2.18. The van der Waals surface area contributed by atoms with Crippen LogP contribution in [-0.2, 0) is 13.1 Å². The molecule has 122 valence electrons. The van der Waals surface area contributed by atoms with E-state index in [4.69, 9.17) is 4.99 Å². The van der Waals surface area contributed by atoms with Crippen molar-refractivity contribution in [2.24, 2.45) is 4.99 Å². The lowest BCUT2D eigenvalue weighted by molar-refractivity contribution is 0.295. The van der Waals surface area contributed by atoms with Crippen molar-refractivity contribution < 1.29 is 0 Å². The lowest BCUT2D eigenvalue weighted by atomic mass is 10.1. The van der Waals surface area contributed by atoms with Crippen LogP contribution in [0.25, 0.3) is 0 Å². The van der Waals surface area contributed by atoms with Gasteiger partial charge in [-0.1, -0.05) is 38.1 Å². The van der Waals surface area contributed by atoms with Crippen LogP contribution < -0.4 is 10.6 Å². The van der Waals surface area contributed by atoms with Gasteiger partial charge in [0.25, 0.3) is 0 Å².